The minimum Gasteiger partial charge on any atom is -0.264 e. The van der Waals surface area contributed by atoms with Crippen molar-refractivity contribution < 1.29 is 21.6 Å². The summed E-state index contributed by atoms with van der Waals surface area (Å²) in [4.78, 5) is 3.79. The molecule has 2 aromatic carbocycles. The molecule has 2 aromatic heterocycles. The number of rotatable bonds is 3. The van der Waals surface area contributed by atoms with Gasteiger partial charge in [-0.15, -0.1) is 0 Å². The molecule has 0 fully saturated rings. The van der Waals surface area contributed by atoms with Gasteiger partial charge in [-0.2, -0.15) is 13.2 Å². The number of nitrogens with zero attached hydrogens (tertiary/aromatic N) is 2. The van der Waals surface area contributed by atoms with E-state index in [-0.39, 0.29) is 21.4 Å². The average molecular weight is 416 g/mol. The molecule has 29 heavy (non-hydrogen) atoms. The van der Waals surface area contributed by atoms with Gasteiger partial charge in [0.15, 0.2) is 0 Å². The molecule has 0 N–H and O–H groups in total. The summed E-state index contributed by atoms with van der Waals surface area (Å²) in [5.74, 6) is 0. The van der Waals surface area contributed by atoms with Gasteiger partial charge < -0.3 is 0 Å². The molecule has 0 aliphatic carbocycles. The smallest absolute Gasteiger partial charge is 0.264 e. The second-order valence-corrected chi connectivity index (χ2v) is 8.35. The van der Waals surface area contributed by atoms with E-state index in [1.165, 1.54) is 60.9 Å². The Morgan fingerprint density at radius 3 is 2.24 bits per heavy atom. The van der Waals surface area contributed by atoms with Crippen LogP contribution >= 0.6 is 0 Å². The molecule has 0 saturated carbocycles. The van der Waals surface area contributed by atoms with Gasteiger partial charge in [0.2, 0.25) is 0 Å². The first kappa shape index (κ1) is 19.2. The van der Waals surface area contributed by atoms with E-state index in [9.17, 15) is 21.6 Å². The number of halogens is 3. The van der Waals surface area contributed by atoms with Crippen molar-refractivity contribution in [3.05, 3.63) is 84.2 Å². The molecule has 4 nitrogen and oxygen atoms in total. The lowest BCUT2D eigenvalue weighted by Gasteiger charge is -2.14. The van der Waals surface area contributed by atoms with Crippen molar-refractivity contribution in [2.75, 3.05) is 0 Å². The first-order valence-corrected chi connectivity index (χ1v) is 10.1. The standard InChI is InChI=1S/C21H15F3N2O2S/c1-14-8-10-16(11-9-14)29(27,28)26-18-7-3-2-6-17(18)19(21(22,23)24)20(26)15-5-4-12-25-13-15/h2-13H,1H3. The lowest BCUT2D eigenvalue weighted by Crippen LogP contribution is -2.16. The molecular formula is C21H15F3N2O2S. The van der Waals surface area contributed by atoms with Crippen LogP contribution in [0.3, 0.4) is 0 Å². The highest BCUT2D eigenvalue weighted by atomic mass is 32.2. The maximum atomic E-state index is 14.1. The molecule has 2 heterocycles. The quantitative estimate of drug-likeness (QED) is 0.457. The number of para-hydroxylation sites is 1. The zero-order valence-electron chi connectivity index (χ0n) is 15.2. The van der Waals surface area contributed by atoms with Gasteiger partial charge in [-0.05, 0) is 37.3 Å². The third-order valence-electron chi connectivity index (χ3n) is 4.61. The largest absolute Gasteiger partial charge is 0.419 e. The van der Waals surface area contributed by atoms with Crippen LogP contribution in [0, 0.1) is 6.92 Å². The van der Waals surface area contributed by atoms with Crippen LogP contribution in [0.5, 0.6) is 0 Å². The number of hydrogen-bond donors (Lipinski definition) is 0. The number of fused-ring (bicyclic) bond motifs is 1. The molecule has 0 spiro atoms. The van der Waals surface area contributed by atoms with Crippen molar-refractivity contribution in [2.45, 2.75) is 18.0 Å². The van der Waals surface area contributed by atoms with E-state index in [1.54, 1.807) is 19.1 Å². The minimum atomic E-state index is -4.77. The van der Waals surface area contributed by atoms with Gasteiger partial charge in [0, 0.05) is 23.3 Å². The van der Waals surface area contributed by atoms with Gasteiger partial charge in [0.25, 0.3) is 10.0 Å². The summed E-state index contributed by atoms with van der Waals surface area (Å²) >= 11 is 0. The van der Waals surface area contributed by atoms with E-state index in [0.29, 0.717) is 0 Å². The molecule has 0 aliphatic heterocycles. The zero-order valence-corrected chi connectivity index (χ0v) is 16.0. The predicted octanol–water partition coefficient (Wildman–Crippen LogP) is 5.27. The molecule has 0 unspecified atom stereocenters. The summed E-state index contributed by atoms with van der Waals surface area (Å²) < 4.78 is 70.0. The van der Waals surface area contributed by atoms with E-state index in [4.69, 9.17) is 0 Å². The van der Waals surface area contributed by atoms with Gasteiger partial charge >= 0.3 is 6.18 Å². The van der Waals surface area contributed by atoms with E-state index in [2.05, 4.69) is 4.98 Å². The van der Waals surface area contributed by atoms with E-state index in [0.717, 1.165) is 9.54 Å². The Morgan fingerprint density at radius 2 is 1.62 bits per heavy atom. The minimum absolute atomic E-state index is 0.0424. The van der Waals surface area contributed by atoms with Crippen molar-refractivity contribution in [2.24, 2.45) is 0 Å². The summed E-state index contributed by atoms with van der Waals surface area (Å²) in [7, 11) is -4.31. The zero-order chi connectivity index (χ0) is 20.8. The van der Waals surface area contributed by atoms with Crippen LogP contribution in [0.2, 0.25) is 0 Å². The number of aryl methyl sites for hydroxylation is 1. The van der Waals surface area contributed by atoms with Gasteiger partial charge in [-0.1, -0.05) is 35.9 Å². The van der Waals surface area contributed by atoms with Gasteiger partial charge in [-0.3, -0.25) is 4.98 Å². The number of hydrogen-bond acceptors (Lipinski definition) is 3. The number of pyridine rings is 1. The topological polar surface area (TPSA) is 52.0 Å². The Hall–Kier alpha value is -3.13. The first-order chi connectivity index (χ1) is 13.7. The number of benzene rings is 2. The highest BCUT2D eigenvalue weighted by molar-refractivity contribution is 7.90. The highest BCUT2D eigenvalue weighted by Crippen LogP contribution is 2.45. The van der Waals surface area contributed by atoms with E-state index in [1.807, 2.05) is 0 Å². The van der Waals surface area contributed by atoms with E-state index < -0.39 is 27.5 Å². The third kappa shape index (κ3) is 3.19. The number of alkyl halides is 3. The normalized spacial score (nSPS) is 12.4. The molecule has 148 valence electrons. The van der Waals surface area contributed by atoms with Crippen LogP contribution in [0.4, 0.5) is 13.2 Å². The Bertz CT molecular complexity index is 1290. The molecule has 4 aromatic rings. The Labute approximate surface area is 165 Å². The summed E-state index contributed by atoms with van der Waals surface area (Å²) in [6.07, 6.45) is -2.12. The molecule has 0 bridgehead atoms. The predicted molar refractivity (Wildman–Crippen MR) is 104 cm³/mol. The summed E-state index contributed by atoms with van der Waals surface area (Å²) in [6.45, 7) is 1.80. The second kappa shape index (κ2) is 6.73. The second-order valence-electron chi connectivity index (χ2n) is 6.56. The highest BCUT2D eigenvalue weighted by Gasteiger charge is 2.41. The van der Waals surface area contributed by atoms with Crippen LogP contribution in [-0.4, -0.2) is 17.4 Å². The summed E-state index contributed by atoms with van der Waals surface area (Å²) in [6, 6.07) is 14.5. The SMILES string of the molecule is Cc1ccc(S(=O)(=O)n2c(-c3cccnc3)c(C(F)(F)F)c3ccccc32)cc1. The van der Waals surface area contributed by atoms with Crippen LogP contribution < -0.4 is 0 Å². The fourth-order valence-electron chi connectivity index (χ4n) is 3.33. The van der Waals surface area contributed by atoms with Gasteiger partial charge in [0.05, 0.1) is 21.7 Å². The molecule has 0 amide bonds. The van der Waals surface area contributed by atoms with E-state index >= 15 is 0 Å². The van der Waals surface area contributed by atoms with Crippen LogP contribution in [0.25, 0.3) is 22.2 Å². The maximum Gasteiger partial charge on any atom is 0.419 e. The molecule has 0 aliphatic rings. The van der Waals surface area contributed by atoms with Crippen LogP contribution in [0.15, 0.2) is 78.0 Å². The van der Waals surface area contributed by atoms with Crippen LogP contribution in [0.1, 0.15) is 11.1 Å². The molecular weight excluding hydrogens is 401 g/mol. The number of aromatic nitrogens is 2. The monoisotopic (exact) mass is 416 g/mol. The Balaban J connectivity index is 2.18. The molecule has 0 radical (unpaired) electrons. The van der Waals surface area contributed by atoms with Gasteiger partial charge in [-0.25, -0.2) is 12.4 Å². The van der Waals surface area contributed by atoms with Crippen molar-refractivity contribution in [1.82, 2.24) is 8.96 Å². The molecule has 0 saturated heterocycles. The maximum absolute atomic E-state index is 14.1. The lowest BCUT2D eigenvalue weighted by molar-refractivity contribution is -0.135. The van der Waals surface area contributed by atoms with Crippen molar-refractivity contribution >= 4 is 20.9 Å². The summed E-state index contributed by atoms with van der Waals surface area (Å²) in [5, 5.41) is -0.186. The fourth-order valence-corrected chi connectivity index (χ4v) is 4.87. The molecule has 0 atom stereocenters. The average Bonchev–Trinajstić information content (AvgIpc) is 3.05. The van der Waals surface area contributed by atoms with Crippen molar-refractivity contribution in [1.29, 1.82) is 0 Å². The van der Waals surface area contributed by atoms with Crippen LogP contribution in [-0.2, 0) is 16.2 Å². The lowest BCUT2D eigenvalue weighted by atomic mass is 10.1. The van der Waals surface area contributed by atoms with Crippen molar-refractivity contribution in [3.8, 4) is 11.3 Å². The molecule has 8 heteroatoms. The Morgan fingerprint density at radius 1 is 0.931 bits per heavy atom. The Kier molecular flexibility index (Phi) is 4.46. The summed E-state index contributed by atoms with van der Waals surface area (Å²) in [5.41, 5.74) is -0.597. The van der Waals surface area contributed by atoms with Gasteiger partial charge in [0.1, 0.15) is 0 Å². The molecule has 4 rings (SSSR count). The third-order valence-corrected chi connectivity index (χ3v) is 6.34. The fraction of sp³-hybridized carbons (Fsp3) is 0.0952. The first-order valence-electron chi connectivity index (χ1n) is 8.64. The van der Waals surface area contributed by atoms with Crippen molar-refractivity contribution in [3.63, 3.8) is 0 Å².